The summed E-state index contributed by atoms with van der Waals surface area (Å²) in [4.78, 5) is 0. The molecule has 0 amide bonds. The summed E-state index contributed by atoms with van der Waals surface area (Å²) in [6.45, 7) is 10.3. The molecule has 2 N–H and O–H groups in total. The average molecular weight is 304 g/mol. The molecule has 0 heterocycles. The molecule has 2 nitrogen and oxygen atoms in total. The quantitative estimate of drug-likeness (QED) is 0.726. The molecule has 124 valence electrons. The molecule has 0 unspecified atom stereocenters. The van der Waals surface area contributed by atoms with E-state index in [1.165, 1.54) is 16.7 Å². The number of allylic oxidation sites excluding steroid dienone is 5. The Bertz CT molecular complexity index is 454. The summed E-state index contributed by atoms with van der Waals surface area (Å²) in [7, 11) is 0. The van der Waals surface area contributed by atoms with Crippen LogP contribution >= 0.6 is 0 Å². The highest BCUT2D eigenvalue weighted by molar-refractivity contribution is 5.14. The van der Waals surface area contributed by atoms with Crippen LogP contribution in [0.5, 0.6) is 0 Å². The third-order valence-electron chi connectivity index (χ3n) is 4.51. The number of aliphatic hydroxyl groups excluding tert-OH is 2. The van der Waals surface area contributed by atoms with Crippen LogP contribution in [0.25, 0.3) is 0 Å². The molecule has 22 heavy (non-hydrogen) atoms. The Labute approximate surface area is 135 Å². The SMILES string of the molecule is C=C(CO)[C@@H]1CC/C(C)=C/CC/C(C)=C\CC/C(C)=C\[C@H]1O. The van der Waals surface area contributed by atoms with Crippen LogP contribution in [0.15, 0.2) is 47.1 Å². The van der Waals surface area contributed by atoms with Crippen LogP contribution in [0.4, 0.5) is 0 Å². The van der Waals surface area contributed by atoms with E-state index in [0.29, 0.717) is 0 Å². The summed E-state index contributed by atoms with van der Waals surface area (Å²) >= 11 is 0. The van der Waals surface area contributed by atoms with Crippen LogP contribution in [-0.4, -0.2) is 22.9 Å². The molecule has 2 heteroatoms. The summed E-state index contributed by atoms with van der Waals surface area (Å²) < 4.78 is 0. The Morgan fingerprint density at radius 2 is 1.59 bits per heavy atom. The predicted octanol–water partition coefficient (Wildman–Crippen LogP) is 4.71. The first-order valence-electron chi connectivity index (χ1n) is 8.39. The van der Waals surface area contributed by atoms with Gasteiger partial charge in [-0.05, 0) is 64.9 Å². The maximum absolute atomic E-state index is 10.5. The van der Waals surface area contributed by atoms with Gasteiger partial charge in [0.1, 0.15) is 0 Å². The van der Waals surface area contributed by atoms with Gasteiger partial charge in [-0.3, -0.25) is 0 Å². The van der Waals surface area contributed by atoms with Gasteiger partial charge in [0.25, 0.3) is 0 Å². The van der Waals surface area contributed by atoms with Crippen LogP contribution in [0.2, 0.25) is 0 Å². The zero-order valence-corrected chi connectivity index (χ0v) is 14.4. The van der Waals surface area contributed by atoms with E-state index in [4.69, 9.17) is 0 Å². The van der Waals surface area contributed by atoms with Gasteiger partial charge < -0.3 is 10.2 Å². The maximum atomic E-state index is 10.5. The maximum Gasteiger partial charge on any atom is 0.0789 e. The van der Waals surface area contributed by atoms with E-state index >= 15 is 0 Å². The second-order valence-electron chi connectivity index (χ2n) is 6.64. The smallest absolute Gasteiger partial charge is 0.0789 e. The molecular formula is C20H32O2. The fourth-order valence-electron chi connectivity index (χ4n) is 2.90. The normalized spacial score (nSPS) is 32.7. The molecule has 1 aliphatic rings. The summed E-state index contributed by atoms with van der Waals surface area (Å²) in [5.41, 5.74) is 4.73. The van der Waals surface area contributed by atoms with Gasteiger partial charge >= 0.3 is 0 Å². The molecule has 1 rings (SSSR count). The van der Waals surface area contributed by atoms with E-state index < -0.39 is 6.10 Å². The highest BCUT2D eigenvalue weighted by atomic mass is 16.3. The molecule has 0 saturated carbocycles. The third-order valence-corrected chi connectivity index (χ3v) is 4.51. The lowest BCUT2D eigenvalue weighted by atomic mass is 9.87. The van der Waals surface area contributed by atoms with Crippen LogP contribution < -0.4 is 0 Å². The van der Waals surface area contributed by atoms with E-state index in [2.05, 4.69) is 39.5 Å². The lowest BCUT2D eigenvalue weighted by Crippen LogP contribution is -2.22. The lowest BCUT2D eigenvalue weighted by molar-refractivity contribution is 0.155. The van der Waals surface area contributed by atoms with Crippen molar-refractivity contribution >= 4 is 0 Å². The minimum Gasteiger partial charge on any atom is -0.392 e. The Hall–Kier alpha value is -1.12. The minimum atomic E-state index is -0.555. The summed E-state index contributed by atoms with van der Waals surface area (Å²) in [5.74, 6) is -0.0662. The van der Waals surface area contributed by atoms with Gasteiger partial charge in [-0.2, -0.15) is 0 Å². The van der Waals surface area contributed by atoms with Crippen LogP contribution in [0, 0.1) is 5.92 Å². The molecule has 0 aliphatic heterocycles. The van der Waals surface area contributed by atoms with Crippen molar-refractivity contribution in [2.75, 3.05) is 6.61 Å². The second kappa shape index (κ2) is 9.81. The standard InChI is InChI=1S/C20H32O2/c1-15-7-5-9-16(2)11-12-19(18(4)14-21)20(22)13-17(3)10-6-8-15/h8-9,13,19-22H,4-7,10-12,14H2,1-3H3/b15-8-,16-9+,17-13-/t19-,20+/m0/s1. The van der Waals surface area contributed by atoms with Crippen molar-refractivity contribution < 1.29 is 10.2 Å². The van der Waals surface area contributed by atoms with Crippen molar-refractivity contribution in [3.05, 3.63) is 47.1 Å². The van der Waals surface area contributed by atoms with Gasteiger partial charge in [-0.25, -0.2) is 0 Å². The molecule has 0 aromatic rings. The Balaban J connectivity index is 2.93. The zero-order valence-electron chi connectivity index (χ0n) is 14.4. The molecule has 0 aromatic heterocycles. The van der Waals surface area contributed by atoms with Crippen molar-refractivity contribution in [1.82, 2.24) is 0 Å². The third kappa shape index (κ3) is 6.76. The van der Waals surface area contributed by atoms with Gasteiger partial charge in [0.15, 0.2) is 0 Å². The van der Waals surface area contributed by atoms with E-state index in [0.717, 1.165) is 44.1 Å². The monoisotopic (exact) mass is 304 g/mol. The lowest BCUT2D eigenvalue weighted by Gasteiger charge is -2.23. The van der Waals surface area contributed by atoms with E-state index in [1.807, 2.05) is 6.08 Å². The van der Waals surface area contributed by atoms with E-state index in [1.54, 1.807) is 0 Å². The van der Waals surface area contributed by atoms with Gasteiger partial charge in [0.05, 0.1) is 12.7 Å². The van der Waals surface area contributed by atoms with Crippen LogP contribution in [0.1, 0.15) is 59.3 Å². The zero-order chi connectivity index (χ0) is 16.5. The number of hydrogen-bond donors (Lipinski definition) is 2. The highest BCUT2D eigenvalue weighted by Crippen LogP contribution is 2.25. The molecule has 1 aliphatic carbocycles. The van der Waals surface area contributed by atoms with Gasteiger partial charge in [-0.1, -0.05) is 41.5 Å². The van der Waals surface area contributed by atoms with Gasteiger partial charge in [0.2, 0.25) is 0 Å². The summed E-state index contributed by atoms with van der Waals surface area (Å²) in [6, 6.07) is 0. The summed E-state index contributed by atoms with van der Waals surface area (Å²) in [5, 5.41) is 19.9. The molecule has 0 fully saturated rings. The van der Waals surface area contributed by atoms with Crippen molar-refractivity contribution in [2.24, 2.45) is 5.92 Å². The van der Waals surface area contributed by atoms with E-state index in [9.17, 15) is 10.2 Å². The summed E-state index contributed by atoms with van der Waals surface area (Å²) in [6.07, 6.45) is 12.0. The fraction of sp³-hybridized carbons (Fsp3) is 0.600. The largest absolute Gasteiger partial charge is 0.392 e. The predicted molar refractivity (Wildman–Crippen MR) is 94.7 cm³/mol. The first-order valence-corrected chi connectivity index (χ1v) is 8.39. The van der Waals surface area contributed by atoms with Crippen LogP contribution in [-0.2, 0) is 0 Å². The van der Waals surface area contributed by atoms with Gasteiger partial charge in [-0.15, -0.1) is 0 Å². The Morgan fingerprint density at radius 1 is 1.05 bits per heavy atom. The molecule has 0 spiro atoms. The van der Waals surface area contributed by atoms with E-state index in [-0.39, 0.29) is 12.5 Å². The van der Waals surface area contributed by atoms with Crippen molar-refractivity contribution in [3.8, 4) is 0 Å². The number of aliphatic hydroxyl groups is 2. The average Bonchev–Trinajstić information content (AvgIpc) is 2.46. The van der Waals surface area contributed by atoms with Gasteiger partial charge in [0, 0.05) is 5.92 Å². The molecule has 0 bridgehead atoms. The van der Waals surface area contributed by atoms with Crippen molar-refractivity contribution in [1.29, 1.82) is 0 Å². The Kier molecular flexibility index (Phi) is 8.44. The number of hydrogen-bond acceptors (Lipinski definition) is 2. The minimum absolute atomic E-state index is 0.0562. The first-order chi connectivity index (χ1) is 10.4. The van der Waals surface area contributed by atoms with Crippen molar-refractivity contribution in [3.63, 3.8) is 0 Å². The second-order valence-corrected chi connectivity index (χ2v) is 6.64. The topological polar surface area (TPSA) is 40.5 Å². The first kappa shape index (κ1) is 18.9. The van der Waals surface area contributed by atoms with Crippen molar-refractivity contribution in [2.45, 2.75) is 65.4 Å². The molecule has 0 aromatic carbocycles. The molecule has 2 atom stereocenters. The fourth-order valence-corrected chi connectivity index (χ4v) is 2.90. The molecule has 0 radical (unpaired) electrons. The Morgan fingerprint density at radius 3 is 2.18 bits per heavy atom. The highest BCUT2D eigenvalue weighted by Gasteiger charge is 2.20. The van der Waals surface area contributed by atoms with Crippen LogP contribution in [0.3, 0.4) is 0 Å². The molecule has 0 saturated heterocycles. The molecular weight excluding hydrogens is 272 g/mol. The number of rotatable bonds is 2.